The fraction of sp³-hybridized carbons (Fsp3) is 0.350. The molecule has 3 rings (SSSR count). The number of aliphatic imine (C=N–C) groups is 1. The summed E-state index contributed by atoms with van der Waals surface area (Å²) < 4.78 is 16.0. The summed E-state index contributed by atoms with van der Waals surface area (Å²) in [6.07, 6.45) is 0.881. The van der Waals surface area contributed by atoms with Crippen LogP contribution in [0, 0.1) is 0 Å². The standard InChI is InChI=1S/C20H25N3O3/c1-21-20(23(2)13-16-4-7-17(24-3)8-5-16)22-11-10-15-6-9-18-19(12-15)26-14-25-18/h4-9,12H,10-11,13-14H2,1-3H3,(H,21,22). The summed E-state index contributed by atoms with van der Waals surface area (Å²) in [6.45, 7) is 1.87. The van der Waals surface area contributed by atoms with Crippen LogP contribution in [0.25, 0.3) is 0 Å². The Kier molecular flexibility index (Phi) is 5.84. The lowest BCUT2D eigenvalue weighted by Gasteiger charge is -2.22. The molecule has 1 aliphatic rings. The van der Waals surface area contributed by atoms with E-state index in [1.165, 1.54) is 11.1 Å². The predicted molar refractivity (Wildman–Crippen MR) is 102 cm³/mol. The average Bonchev–Trinajstić information content (AvgIpc) is 3.13. The fourth-order valence-corrected chi connectivity index (χ4v) is 2.88. The molecule has 138 valence electrons. The lowest BCUT2D eigenvalue weighted by atomic mass is 10.1. The highest BCUT2D eigenvalue weighted by Crippen LogP contribution is 2.32. The normalized spacial score (nSPS) is 12.8. The van der Waals surface area contributed by atoms with Crippen molar-refractivity contribution in [3.8, 4) is 17.2 Å². The van der Waals surface area contributed by atoms with Gasteiger partial charge < -0.3 is 24.4 Å². The van der Waals surface area contributed by atoms with Crippen molar-refractivity contribution >= 4 is 5.96 Å². The zero-order valence-electron chi connectivity index (χ0n) is 15.5. The maximum Gasteiger partial charge on any atom is 0.231 e. The maximum atomic E-state index is 5.43. The first kappa shape index (κ1) is 17.9. The Labute approximate surface area is 154 Å². The molecule has 26 heavy (non-hydrogen) atoms. The SMILES string of the molecule is CN=C(NCCc1ccc2c(c1)OCO2)N(C)Cc1ccc(OC)cc1. The molecule has 0 aromatic heterocycles. The van der Waals surface area contributed by atoms with Gasteiger partial charge in [0.15, 0.2) is 17.5 Å². The summed E-state index contributed by atoms with van der Waals surface area (Å²) in [6, 6.07) is 14.1. The summed E-state index contributed by atoms with van der Waals surface area (Å²) in [7, 11) is 5.50. The van der Waals surface area contributed by atoms with Gasteiger partial charge in [0.05, 0.1) is 7.11 Å². The van der Waals surface area contributed by atoms with Gasteiger partial charge in [0, 0.05) is 27.2 Å². The summed E-state index contributed by atoms with van der Waals surface area (Å²) in [5.41, 5.74) is 2.40. The third kappa shape index (κ3) is 4.39. The molecular weight excluding hydrogens is 330 g/mol. The molecule has 0 unspecified atom stereocenters. The van der Waals surface area contributed by atoms with E-state index < -0.39 is 0 Å². The quantitative estimate of drug-likeness (QED) is 0.638. The average molecular weight is 355 g/mol. The fourth-order valence-electron chi connectivity index (χ4n) is 2.88. The van der Waals surface area contributed by atoms with Crippen molar-refractivity contribution in [1.29, 1.82) is 0 Å². The number of rotatable bonds is 6. The van der Waals surface area contributed by atoms with E-state index in [1.54, 1.807) is 14.2 Å². The molecule has 0 atom stereocenters. The first-order valence-electron chi connectivity index (χ1n) is 8.63. The second-order valence-electron chi connectivity index (χ2n) is 6.12. The number of benzene rings is 2. The monoisotopic (exact) mass is 355 g/mol. The van der Waals surface area contributed by atoms with Crippen LogP contribution in [0.15, 0.2) is 47.5 Å². The molecule has 2 aromatic rings. The Hall–Kier alpha value is -2.89. The number of nitrogens with one attached hydrogen (secondary N) is 1. The van der Waals surface area contributed by atoms with Gasteiger partial charge in [-0.05, 0) is 41.8 Å². The minimum atomic E-state index is 0.305. The molecule has 0 fully saturated rings. The molecule has 0 amide bonds. The summed E-state index contributed by atoms with van der Waals surface area (Å²) in [5, 5.41) is 3.41. The van der Waals surface area contributed by atoms with E-state index in [1.807, 2.05) is 31.3 Å². The van der Waals surface area contributed by atoms with Gasteiger partial charge in [0.1, 0.15) is 5.75 Å². The number of hydrogen-bond donors (Lipinski definition) is 1. The molecule has 1 heterocycles. The van der Waals surface area contributed by atoms with Crippen LogP contribution < -0.4 is 19.5 Å². The largest absolute Gasteiger partial charge is 0.497 e. The Morgan fingerprint density at radius 2 is 1.85 bits per heavy atom. The van der Waals surface area contributed by atoms with Gasteiger partial charge in [0.25, 0.3) is 0 Å². The molecule has 1 aliphatic heterocycles. The van der Waals surface area contributed by atoms with Crippen LogP contribution in [-0.2, 0) is 13.0 Å². The molecule has 0 saturated carbocycles. The van der Waals surface area contributed by atoms with E-state index >= 15 is 0 Å². The Bertz CT molecular complexity index is 759. The lowest BCUT2D eigenvalue weighted by Crippen LogP contribution is -2.39. The van der Waals surface area contributed by atoms with Crippen LogP contribution in [0.2, 0.25) is 0 Å². The number of hydrogen-bond acceptors (Lipinski definition) is 4. The Morgan fingerprint density at radius 3 is 2.58 bits per heavy atom. The maximum absolute atomic E-state index is 5.43. The van der Waals surface area contributed by atoms with Crippen LogP contribution >= 0.6 is 0 Å². The molecule has 0 radical (unpaired) electrons. The predicted octanol–water partition coefficient (Wildman–Crippen LogP) is 2.67. The van der Waals surface area contributed by atoms with E-state index in [9.17, 15) is 0 Å². The highest BCUT2D eigenvalue weighted by atomic mass is 16.7. The molecule has 0 aliphatic carbocycles. The van der Waals surface area contributed by atoms with Gasteiger partial charge >= 0.3 is 0 Å². The third-order valence-corrected chi connectivity index (χ3v) is 4.29. The molecule has 0 saturated heterocycles. The van der Waals surface area contributed by atoms with Gasteiger partial charge in [0.2, 0.25) is 6.79 Å². The molecule has 1 N–H and O–H groups in total. The Balaban J connectivity index is 1.50. The molecule has 0 bridgehead atoms. The van der Waals surface area contributed by atoms with Crippen LogP contribution in [0.5, 0.6) is 17.2 Å². The van der Waals surface area contributed by atoms with Crippen molar-refractivity contribution in [3.05, 3.63) is 53.6 Å². The van der Waals surface area contributed by atoms with Gasteiger partial charge in [-0.3, -0.25) is 4.99 Å². The first-order valence-corrected chi connectivity index (χ1v) is 8.63. The number of guanidine groups is 1. The third-order valence-electron chi connectivity index (χ3n) is 4.29. The smallest absolute Gasteiger partial charge is 0.231 e. The van der Waals surface area contributed by atoms with E-state index in [2.05, 4.69) is 33.4 Å². The minimum absolute atomic E-state index is 0.305. The summed E-state index contributed by atoms with van der Waals surface area (Å²) in [5.74, 6) is 3.37. The second-order valence-corrected chi connectivity index (χ2v) is 6.12. The molecular formula is C20H25N3O3. The van der Waals surface area contributed by atoms with E-state index in [0.29, 0.717) is 6.79 Å². The Morgan fingerprint density at radius 1 is 1.12 bits per heavy atom. The van der Waals surface area contributed by atoms with Gasteiger partial charge in [-0.25, -0.2) is 0 Å². The van der Waals surface area contributed by atoms with Crippen molar-refractivity contribution < 1.29 is 14.2 Å². The van der Waals surface area contributed by atoms with Gasteiger partial charge in [-0.1, -0.05) is 18.2 Å². The molecule has 0 spiro atoms. The van der Waals surface area contributed by atoms with Crippen LogP contribution in [0.1, 0.15) is 11.1 Å². The van der Waals surface area contributed by atoms with Crippen molar-refractivity contribution in [2.45, 2.75) is 13.0 Å². The number of methoxy groups -OCH3 is 1. The highest BCUT2D eigenvalue weighted by Gasteiger charge is 2.13. The number of ether oxygens (including phenoxy) is 3. The summed E-state index contributed by atoms with van der Waals surface area (Å²) in [4.78, 5) is 6.47. The van der Waals surface area contributed by atoms with Gasteiger partial charge in [-0.15, -0.1) is 0 Å². The van der Waals surface area contributed by atoms with Crippen molar-refractivity contribution in [3.63, 3.8) is 0 Å². The van der Waals surface area contributed by atoms with E-state index in [0.717, 1.165) is 42.7 Å². The molecule has 2 aromatic carbocycles. The number of nitrogens with zero attached hydrogens (tertiary/aromatic N) is 2. The zero-order chi connectivity index (χ0) is 18.4. The zero-order valence-corrected chi connectivity index (χ0v) is 15.5. The number of fused-ring (bicyclic) bond motifs is 1. The minimum Gasteiger partial charge on any atom is -0.497 e. The molecule has 6 nitrogen and oxygen atoms in total. The lowest BCUT2D eigenvalue weighted by molar-refractivity contribution is 0.174. The topological polar surface area (TPSA) is 55.3 Å². The first-order chi connectivity index (χ1) is 12.7. The van der Waals surface area contributed by atoms with Crippen LogP contribution in [0.4, 0.5) is 0 Å². The van der Waals surface area contributed by atoms with E-state index in [4.69, 9.17) is 14.2 Å². The van der Waals surface area contributed by atoms with Crippen molar-refractivity contribution in [1.82, 2.24) is 10.2 Å². The highest BCUT2D eigenvalue weighted by molar-refractivity contribution is 5.79. The van der Waals surface area contributed by atoms with E-state index in [-0.39, 0.29) is 0 Å². The second kappa shape index (κ2) is 8.47. The van der Waals surface area contributed by atoms with Crippen LogP contribution in [0.3, 0.4) is 0 Å². The van der Waals surface area contributed by atoms with Crippen molar-refractivity contribution in [2.24, 2.45) is 4.99 Å². The van der Waals surface area contributed by atoms with Crippen molar-refractivity contribution in [2.75, 3.05) is 34.5 Å². The molecule has 6 heteroatoms. The summed E-state index contributed by atoms with van der Waals surface area (Å²) >= 11 is 0. The van der Waals surface area contributed by atoms with Crippen LogP contribution in [-0.4, -0.2) is 45.4 Å². The van der Waals surface area contributed by atoms with Gasteiger partial charge in [-0.2, -0.15) is 0 Å².